The Morgan fingerprint density at radius 3 is 2.94 bits per heavy atom. The van der Waals surface area contributed by atoms with Crippen LogP contribution in [0.1, 0.15) is 22.7 Å². The molecule has 31 heavy (non-hydrogen) atoms. The van der Waals surface area contributed by atoms with Crippen molar-refractivity contribution in [3.8, 4) is 0 Å². The predicted molar refractivity (Wildman–Crippen MR) is 124 cm³/mol. The third-order valence-electron chi connectivity index (χ3n) is 5.44. The minimum absolute atomic E-state index is 0.0440. The molecule has 0 bridgehead atoms. The highest BCUT2D eigenvalue weighted by Gasteiger charge is 2.14. The summed E-state index contributed by atoms with van der Waals surface area (Å²) in [6.07, 6.45) is 5.60. The number of nitrogens with one attached hydrogen (secondary N) is 2. The number of carbonyl (C=O) groups excluding carboxylic acids is 1. The lowest BCUT2D eigenvalue weighted by Gasteiger charge is -2.08. The Kier molecular flexibility index (Phi) is 5.50. The van der Waals surface area contributed by atoms with Gasteiger partial charge in [0, 0.05) is 47.6 Å². The minimum Gasteiger partial charge on any atom is -0.361 e. The van der Waals surface area contributed by atoms with Gasteiger partial charge in [0.05, 0.1) is 6.54 Å². The molecule has 0 radical (unpaired) electrons. The normalized spacial score (nSPS) is 11.4. The summed E-state index contributed by atoms with van der Waals surface area (Å²) >= 11 is 1.72. The zero-order chi connectivity index (χ0) is 21.0. The number of thiophene rings is 1. The highest BCUT2D eigenvalue weighted by Crippen LogP contribution is 2.20. The Labute approximate surface area is 184 Å². The molecule has 4 aromatic heterocycles. The van der Waals surface area contributed by atoms with Crippen LogP contribution < -0.4 is 5.32 Å². The molecule has 1 amide bonds. The number of aryl methyl sites for hydroxylation is 1. The van der Waals surface area contributed by atoms with E-state index in [1.807, 2.05) is 36.5 Å². The molecule has 0 aliphatic heterocycles. The Morgan fingerprint density at radius 1 is 1.10 bits per heavy atom. The van der Waals surface area contributed by atoms with E-state index in [0.717, 1.165) is 35.5 Å². The number of pyridine rings is 1. The van der Waals surface area contributed by atoms with E-state index in [1.165, 1.54) is 15.8 Å². The number of nitrogens with zero attached hydrogens (tertiary/aromatic N) is 3. The molecule has 1 aromatic carbocycles. The number of H-pyrrole nitrogens is 1. The molecule has 0 fully saturated rings. The smallest absolute Gasteiger partial charge is 0.220 e. The molecule has 0 aliphatic rings. The number of aromatic nitrogens is 4. The van der Waals surface area contributed by atoms with Crippen molar-refractivity contribution in [1.29, 1.82) is 0 Å². The van der Waals surface area contributed by atoms with Gasteiger partial charge in [0.15, 0.2) is 5.65 Å². The molecule has 0 saturated heterocycles. The Morgan fingerprint density at radius 2 is 2.03 bits per heavy atom. The monoisotopic (exact) mass is 429 g/mol. The number of amides is 1. The molecule has 0 unspecified atom stereocenters. The summed E-state index contributed by atoms with van der Waals surface area (Å²) in [5.41, 5.74) is 4.08. The van der Waals surface area contributed by atoms with Crippen molar-refractivity contribution in [2.45, 2.75) is 25.8 Å². The second-order valence-corrected chi connectivity index (χ2v) is 8.53. The predicted octanol–water partition coefficient (Wildman–Crippen LogP) is 4.31. The van der Waals surface area contributed by atoms with Gasteiger partial charge in [0.1, 0.15) is 11.3 Å². The summed E-state index contributed by atoms with van der Waals surface area (Å²) in [6, 6.07) is 16.3. The summed E-state index contributed by atoms with van der Waals surface area (Å²) in [7, 11) is 0. The Balaban J connectivity index is 1.22. The van der Waals surface area contributed by atoms with E-state index in [0.29, 0.717) is 19.4 Å². The van der Waals surface area contributed by atoms with E-state index < -0.39 is 0 Å². The molecule has 7 heteroatoms. The molecule has 4 heterocycles. The number of rotatable bonds is 8. The van der Waals surface area contributed by atoms with Gasteiger partial charge < -0.3 is 14.9 Å². The molecule has 5 aromatic rings. The topological polar surface area (TPSA) is 75.6 Å². The first-order valence-corrected chi connectivity index (χ1v) is 11.3. The average Bonchev–Trinajstić information content (AvgIpc) is 3.53. The number of benzene rings is 1. The second kappa shape index (κ2) is 8.73. The Bertz CT molecular complexity index is 1320. The van der Waals surface area contributed by atoms with Crippen LogP contribution in [0.2, 0.25) is 0 Å². The number of hydrogen-bond acceptors (Lipinski definition) is 4. The lowest BCUT2D eigenvalue weighted by atomic mass is 10.1. The number of aromatic amines is 1. The highest BCUT2D eigenvalue weighted by atomic mass is 32.1. The zero-order valence-electron chi connectivity index (χ0n) is 17.0. The molecule has 2 N–H and O–H groups in total. The molecule has 5 rings (SSSR count). The van der Waals surface area contributed by atoms with Crippen molar-refractivity contribution in [1.82, 2.24) is 24.8 Å². The SMILES string of the molecule is O=C(CCc1nc2cccnc2n1Cc1cccs1)NCCc1c[nH]c2ccccc12. The van der Waals surface area contributed by atoms with Crippen molar-refractivity contribution < 1.29 is 4.79 Å². The van der Waals surface area contributed by atoms with Gasteiger partial charge in [-0.15, -0.1) is 11.3 Å². The van der Waals surface area contributed by atoms with Crippen molar-refractivity contribution >= 4 is 39.3 Å². The van der Waals surface area contributed by atoms with E-state index in [9.17, 15) is 4.79 Å². The van der Waals surface area contributed by atoms with Crippen LogP contribution in [0.3, 0.4) is 0 Å². The van der Waals surface area contributed by atoms with E-state index in [-0.39, 0.29) is 5.91 Å². The quantitative estimate of drug-likeness (QED) is 0.386. The fraction of sp³-hybridized carbons (Fsp3) is 0.208. The van der Waals surface area contributed by atoms with Gasteiger partial charge in [-0.3, -0.25) is 4.79 Å². The average molecular weight is 430 g/mol. The molecular formula is C24H23N5OS. The first-order valence-electron chi connectivity index (χ1n) is 10.4. The number of imidazole rings is 1. The number of carbonyl (C=O) groups is 1. The van der Waals surface area contributed by atoms with Crippen LogP contribution in [0.5, 0.6) is 0 Å². The summed E-state index contributed by atoms with van der Waals surface area (Å²) in [5, 5.41) is 6.34. The molecule has 0 atom stereocenters. The van der Waals surface area contributed by atoms with E-state index in [1.54, 1.807) is 17.5 Å². The molecule has 0 spiro atoms. The van der Waals surface area contributed by atoms with Crippen LogP contribution in [-0.2, 0) is 24.2 Å². The third kappa shape index (κ3) is 4.22. The van der Waals surface area contributed by atoms with E-state index in [2.05, 4.69) is 43.4 Å². The molecule has 0 aliphatic carbocycles. The van der Waals surface area contributed by atoms with Gasteiger partial charge in [0.25, 0.3) is 0 Å². The van der Waals surface area contributed by atoms with Gasteiger partial charge in [-0.1, -0.05) is 24.3 Å². The largest absolute Gasteiger partial charge is 0.361 e. The lowest BCUT2D eigenvalue weighted by molar-refractivity contribution is -0.121. The van der Waals surface area contributed by atoms with E-state index >= 15 is 0 Å². The van der Waals surface area contributed by atoms with Gasteiger partial charge in [-0.25, -0.2) is 9.97 Å². The Hall–Kier alpha value is -3.45. The molecular weight excluding hydrogens is 406 g/mol. The zero-order valence-corrected chi connectivity index (χ0v) is 17.9. The maximum atomic E-state index is 12.5. The maximum absolute atomic E-state index is 12.5. The summed E-state index contributed by atoms with van der Waals surface area (Å²) < 4.78 is 2.13. The van der Waals surface area contributed by atoms with Crippen molar-refractivity contribution in [3.05, 3.63) is 82.6 Å². The molecule has 6 nitrogen and oxygen atoms in total. The standard InChI is InChI=1S/C24H23N5OS/c30-23(25-13-11-17-15-27-20-7-2-1-6-19(17)20)10-9-22-28-21-8-3-12-26-24(21)29(22)16-18-5-4-14-31-18/h1-8,12,14-15,27H,9-11,13,16H2,(H,25,30). The second-order valence-electron chi connectivity index (χ2n) is 7.50. The summed E-state index contributed by atoms with van der Waals surface area (Å²) in [4.78, 5) is 26.3. The number of fused-ring (bicyclic) bond motifs is 2. The van der Waals surface area contributed by atoms with Crippen LogP contribution in [0.25, 0.3) is 22.1 Å². The minimum atomic E-state index is 0.0440. The molecule has 0 saturated carbocycles. The van der Waals surface area contributed by atoms with Crippen LogP contribution in [-0.4, -0.2) is 32.0 Å². The first-order chi connectivity index (χ1) is 15.3. The van der Waals surface area contributed by atoms with Crippen molar-refractivity contribution in [3.63, 3.8) is 0 Å². The first kappa shape index (κ1) is 19.5. The van der Waals surface area contributed by atoms with Crippen LogP contribution in [0.15, 0.2) is 66.3 Å². The van der Waals surface area contributed by atoms with Crippen LogP contribution in [0, 0.1) is 0 Å². The summed E-state index contributed by atoms with van der Waals surface area (Å²) in [5.74, 6) is 0.941. The van der Waals surface area contributed by atoms with Crippen LogP contribution in [0.4, 0.5) is 0 Å². The molecule has 156 valence electrons. The fourth-order valence-electron chi connectivity index (χ4n) is 3.91. The third-order valence-corrected chi connectivity index (χ3v) is 6.31. The number of hydrogen-bond donors (Lipinski definition) is 2. The van der Waals surface area contributed by atoms with Gasteiger partial charge in [0.2, 0.25) is 5.91 Å². The fourth-order valence-corrected chi connectivity index (χ4v) is 4.60. The lowest BCUT2D eigenvalue weighted by Crippen LogP contribution is -2.26. The van der Waals surface area contributed by atoms with Gasteiger partial charge >= 0.3 is 0 Å². The van der Waals surface area contributed by atoms with Crippen molar-refractivity contribution in [2.24, 2.45) is 0 Å². The van der Waals surface area contributed by atoms with E-state index in [4.69, 9.17) is 4.98 Å². The highest BCUT2D eigenvalue weighted by molar-refractivity contribution is 7.09. The van der Waals surface area contributed by atoms with Gasteiger partial charge in [-0.05, 0) is 41.6 Å². The number of para-hydroxylation sites is 1. The van der Waals surface area contributed by atoms with Crippen LogP contribution >= 0.6 is 11.3 Å². The van der Waals surface area contributed by atoms with Crippen molar-refractivity contribution in [2.75, 3.05) is 6.54 Å². The maximum Gasteiger partial charge on any atom is 0.220 e. The van der Waals surface area contributed by atoms with Gasteiger partial charge in [-0.2, -0.15) is 0 Å². The summed E-state index contributed by atoms with van der Waals surface area (Å²) in [6.45, 7) is 1.34.